The van der Waals surface area contributed by atoms with E-state index >= 15 is 0 Å². The Morgan fingerprint density at radius 3 is 2.56 bits per heavy atom. The number of aliphatic hydroxyl groups excluding tert-OH is 1. The Morgan fingerprint density at radius 2 is 1.94 bits per heavy atom. The third-order valence-corrected chi connectivity index (χ3v) is 2.77. The molecule has 2 nitrogen and oxygen atoms in total. The summed E-state index contributed by atoms with van der Waals surface area (Å²) in [5, 5.41) is 12.5. The zero-order chi connectivity index (χ0) is 11.6. The Labute approximate surface area is 98.7 Å². The van der Waals surface area contributed by atoms with Crippen LogP contribution in [-0.2, 0) is 0 Å². The molecule has 0 saturated heterocycles. The lowest BCUT2D eigenvalue weighted by Gasteiger charge is -2.18. The Balaban J connectivity index is 2.49. The molecular weight excluding hydrogens is 198 g/mol. The van der Waals surface area contributed by atoms with Crippen molar-refractivity contribution in [1.82, 2.24) is 5.32 Å². The van der Waals surface area contributed by atoms with Crippen LogP contribution in [0.1, 0.15) is 44.2 Å². The summed E-state index contributed by atoms with van der Waals surface area (Å²) in [4.78, 5) is 0. The summed E-state index contributed by atoms with van der Waals surface area (Å²) < 4.78 is 0. The summed E-state index contributed by atoms with van der Waals surface area (Å²) in [6.45, 7) is 3.53. The molecule has 2 N–H and O–H groups in total. The maximum atomic E-state index is 8.91. The van der Waals surface area contributed by atoms with Gasteiger partial charge in [0.15, 0.2) is 0 Å². The Morgan fingerprint density at radius 1 is 1.19 bits per heavy atom. The molecule has 0 radical (unpaired) electrons. The molecule has 1 aromatic rings. The molecule has 0 aliphatic rings. The zero-order valence-corrected chi connectivity index (χ0v) is 10.2. The largest absolute Gasteiger partial charge is 0.396 e. The SMILES string of the molecule is CCCCNC(CCCO)c1ccccc1. The highest BCUT2D eigenvalue weighted by atomic mass is 16.2. The molecule has 0 spiro atoms. The molecule has 1 rings (SSSR count). The van der Waals surface area contributed by atoms with Crippen molar-refractivity contribution in [2.75, 3.05) is 13.2 Å². The standard InChI is InChI=1S/C14H23NO/c1-2-3-11-15-14(10-7-12-16)13-8-5-4-6-9-13/h4-6,8-9,14-16H,2-3,7,10-12H2,1H3. The number of rotatable bonds is 8. The van der Waals surface area contributed by atoms with E-state index in [1.807, 2.05) is 6.07 Å². The van der Waals surface area contributed by atoms with Gasteiger partial charge in [-0.3, -0.25) is 0 Å². The average molecular weight is 221 g/mol. The monoisotopic (exact) mass is 221 g/mol. The highest BCUT2D eigenvalue weighted by molar-refractivity contribution is 5.18. The van der Waals surface area contributed by atoms with Crippen LogP contribution in [0, 0.1) is 0 Å². The summed E-state index contributed by atoms with van der Waals surface area (Å²) >= 11 is 0. The maximum Gasteiger partial charge on any atom is 0.0431 e. The summed E-state index contributed by atoms with van der Waals surface area (Å²) in [5.41, 5.74) is 1.33. The van der Waals surface area contributed by atoms with Gasteiger partial charge < -0.3 is 10.4 Å². The summed E-state index contributed by atoms with van der Waals surface area (Å²) in [6.07, 6.45) is 4.29. The first-order valence-electron chi connectivity index (χ1n) is 6.27. The van der Waals surface area contributed by atoms with Crippen molar-refractivity contribution in [1.29, 1.82) is 0 Å². The van der Waals surface area contributed by atoms with Crippen LogP contribution in [0.2, 0.25) is 0 Å². The average Bonchev–Trinajstić information content (AvgIpc) is 2.35. The van der Waals surface area contributed by atoms with Crippen LogP contribution in [0.4, 0.5) is 0 Å². The maximum absolute atomic E-state index is 8.91. The molecule has 2 heteroatoms. The minimum Gasteiger partial charge on any atom is -0.396 e. The third kappa shape index (κ3) is 4.77. The number of hydrogen-bond donors (Lipinski definition) is 2. The highest BCUT2D eigenvalue weighted by Gasteiger charge is 2.09. The first-order chi connectivity index (χ1) is 7.88. The van der Waals surface area contributed by atoms with Crippen molar-refractivity contribution in [3.05, 3.63) is 35.9 Å². The molecule has 0 aromatic heterocycles. The van der Waals surface area contributed by atoms with Crippen molar-refractivity contribution in [3.63, 3.8) is 0 Å². The summed E-state index contributed by atoms with van der Waals surface area (Å²) in [7, 11) is 0. The van der Waals surface area contributed by atoms with E-state index in [0.717, 1.165) is 19.4 Å². The molecule has 0 amide bonds. The van der Waals surface area contributed by atoms with Gasteiger partial charge in [0.25, 0.3) is 0 Å². The van der Waals surface area contributed by atoms with Gasteiger partial charge >= 0.3 is 0 Å². The van der Waals surface area contributed by atoms with Crippen molar-refractivity contribution >= 4 is 0 Å². The Hall–Kier alpha value is -0.860. The summed E-state index contributed by atoms with van der Waals surface area (Å²) in [6, 6.07) is 10.9. The van der Waals surface area contributed by atoms with E-state index in [2.05, 4.69) is 36.5 Å². The molecule has 90 valence electrons. The van der Waals surface area contributed by atoms with E-state index in [-0.39, 0.29) is 6.61 Å². The molecule has 1 atom stereocenters. The lowest BCUT2D eigenvalue weighted by Crippen LogP contribution is -2.22. The van der Waals surface area contributed by atoms with E-state index in [1.54, 1.807) is 0 Å². The van der Waals surface area contributed by atoms with Crippen LogP contribution < -0.4 is 5.32 Å². The molecule has 0 aliphatic carbocycles. The van der Waals surface area contributed by atoms with Crippen LogP contribution in [0.5, 0.6) is 0 Å². The van der Waals surface area contributed by atoms with Gasteiger partial charge in [0, 0.05) is 12.6 Å². The molecule has 1 aromatic carbocycles. The quantitative estimate of drug-likeness (QED) is 0.662. The first-order valence-corrected chi connectivity index (χ1v) is 6.27. The van der Waals surface area contributed by atoms with Gasteiger partial charge in [0.05, 0.1) is 0 Å². The van der Waals surface area contributed by atoms with Gasteiger partial charge in [-0.25, -0.2) is 0 Å². The Kier molecular flexibility index (Phi) is 6.86. The van der Waals surface area contributed by atoms with Crippen LogP contribution in [-0.4, -0.2) is 18.3 Å². The zero-order valence-electron chi connectivity index (χ0n) is 10.2. The Bertz CT molecular complexity index is 261. The molecule has 0 bridgehead atoms. The van der Waals surface area contributed by atoms with Gasteiger partial charge in [-0.15, -0.1) is 0 Å². The minimum atomic E-state index is 0.277. The topological polar surface area (TPSA) is 32.3 Å². The minimum absolute atomic E-state index is 0.277. The van der Waals surface area contributed by atoms with E-state index in [1.165, 1.54) is 18.4 Å². The van der Waals surface area contributed by atoms with Crippen molar-refractivity contribution < 1.29 is 5.11 Å². The first kappa shape index (κ1) is 13.2. The van der Waals surface area contributed by atoms with Crippen LogP contribution in [0.15, 0.2) is 30.3 Å². The lowest BCUT2D eigenvalue weighted by atomic mass is 10.0. The molecule has 0 fully saturated rings. The predicted octanol–water partition coefficient (Wildman–Crippen LogP) is 2.89. The van der Waals surface area contributed by atoms with Crippen LogP contribution >= 0.6 is 0 Å². The van der Waals surface area contributed by atoms with Crippen molar-refractivity contribution in [2.45, 2.75) is 38.6 Å². The molecule has 0 saturated carbocycles. The molecule has 0 aliphatic heterocycles. The molecular formula is C14H23NO. The van der Waals surface area contributed by atoms with Crippen LogP contribution in [0.25, 0.3) is 0 Å². The smallest absolute Gasteiger partial charge is 0.0431 e. The van der Waals surface area contributed by atoms with Gasteiger partial charge in [-0.05, 0) is 31.4 Å². The number of benzene rings is 1. The van der Waals surface area contributed by atoms with Gasteiger partial charge in [-0.1, -0.05) is 43.7 Å². The van der Waals surface area contributed by atoms with Gasteiger partial charge in [0.2, 0.25) is 0 Å². The fourth-order valence-electron chi connectivity index (χ4n) is 1.82. The number of nitrogens with one attached hydrogen (secondary N) is 1. The fourth-order valence-corrected chi connectivity index (χ4v) is 1.82. The van der Waals surface area contributed by atoms with Gasteiger partial charge in [-0.2, -0.15) is 0 Å². The highest BCUT2D eigenvalue weighted by Crippen LogP contribution is 2.17. The fraction of sp³-hybridized carbons (Fsp3) is 0.571. The molecule has 1 unspecified atom stereocenters. The summed E-state index contributed by atoms with van der Waals surface area (Å²) in [5.74, 6) is 0. The second kappa shape index (κ2) is 8.31. The van der Waals surface area contributed by atoms with E-state index in [9.17, 15) is 0 Å². The second-order valence-electron chi connectivity index (χ2n) is 4.14. The molecule has 0 heterocycles. The number of aliphatic hydroxyl groups is 1. The normalized spacial score (nSPS) is 12.6. The number of hydrogen-bond acceptors (Lipinski definition) is 2. The second-order valence-corrected chi connectivity index (χ2v) is 4.14. The lowest BCUT2D eigenvalue weighted by molar-refractivity contribution is 0.275. The van der Waals surface area contributed by atoms with Crippen LogP contribution in [0.3, 0.4) is 0 Å². The van der Waals surface area contributed by atoms with E-state index in [4.69, 9.17) is 5.11 Å². The van der Waals surface area contributed by atoms with Gasteiger partial charge in [0.1, 0.15) is 0 Å². The number of unbranched alkanes of at least 4 members (excludes halogenated alkanes) is 1. The van der Waals surface area contributed by atoms with Crippen molar-refractivity contribution in [2.24, 2.45) is 0 Å². The van der Waals surface area contributed by atoms with Crippen molar-refractivity contribution in [3.8, 4) is 0 Å². The van der Waals surface area contributed by atoms with E-state index in [0.29, 0.717) is 6.04 Å². The third-order valence-electron chi connectivity index (χ3n) is 2.77. The molecule has 16 heavy (non-hydrogen) atoms. The van der Waals surface area contributed by atoms with E-state index < -0.39 is 0 Å². The predicted molar refractivity (Wildman–Crippen MR) is 68.4 cm³/mol.